The first-order valence-corrected chi connectivity index (χ1v) is 8.19. The molecular weight excluding hydrogens is 280 g/mol. The molecule has 0 saturated heterocycles. The summed E-state index contributed by atoms with van der Waals surface area (Å²) in [7, 11) is 0. The second kappa shape index (κ2) is 7.07. The topological polar surface area (TPSA) is 62.8 Å². The Morgan fingerprint density at radius 2 is 2.05 bits per heavy atom. The van der Waals surface area contributed by atoms with Gasteiger partial charge in [0.05, 0.1) is 13.2 Å². The molecule has 120 valence electrons. The number of rotatable bonds is 6. The van der Waals surface area contributed by atoms with Gasteiger partial charge in [-0.05, 0) is 25.0 Å². The Kier molecular flexibility index (Phi) is 4.90. The van der Waals surface area contributed by atoms with E-state index in [0.717, 1.165) is 6.54 Å². The van der Waals surface area contributed by atoms with Crippen LogP contribution in [0.25, 0.3) is 5.65 Å². The molecule has 6 heteroatoms. The van der Waals surface area contributed by atoms with Crippen LogP contribution in [0.5, 0.6) is 0 Å². The molecule has 0 amide bonds. The Morgan fingerprint density at radius 3 is 2.77 bits per heavy atom. The first-order chi connectivity index (χ1) is 10.8. The third-order valence-corrected chi connectivity index (χ3v) is 4.57. The number of aromatic nitrogens is 3. The van der Waals surface area contributed by atoms with Crippen molar-refractivity contribution in [2.75, 3.05) is 19.7 Å². The van der Waals surface area contributed by atoms with Gasteiger partial charge in [-0.3, -0.25) is 9.30 Å². The van der Waals surface area contributed by atoms with Gasteiger partial charge < -0.3 is 5.11 Å². The normalized spacial score (nSPS) is 16.6. The van der Waals surface area contributed by atoms with E-state index >= 15 is 0 Å². The molecule has 1 N–H and O–H groups in total. The van der Waals surface area contributed by atoms with Gasteiger partial charge >= 0.3 is 5.69 Å². The lowest BCUT2D eigenvalue weighted by Gasteiger charge is -2.33. The van der Waals surface area contributed by atoms with E-state index in [1.165, 1.54) is 36.8 Å². The largest absolute Gasteiger partial charge is 0.395 e. The van der Waals surface area contributed by atoms with Crippen LogP contribution in [0, 0.1) is 0 Å². The quantitative estimate of drug-likeness (QED) is 0.869. The van der Waals surface area contributed by atoms with Crippen LogP contribution in [0.15, 0.2) is 29.2 Å². The van der Waals surface area contributed by atoms with Gasteiger partial charge in [0.2, 0.25) is 0 Å². The molecule has 0 aromatic carbocycles. The molecule has 0 atom stereocenters. The summed E-state index contributed by atoms with van der Waals surface area (Å²) in [5, 5.41) is 13.7. The zero-order valence-electron chi connectivity index (χ0n) is 12.9. The van der Waals surface area contributed by atoms with Crippen molar-refractivity contribution >= 4 is 5.65 Å². The summed E-state index contributed by atoms with van der Waals surface area (Å²) in [6.07, 6.45) is 7.98. The van der Waals surface area contributed by atoms with Gasteiger partial charge in [0, 0.05) is 25.3 Å². The van der Waals surface area contributed by atoms with Crippen LogP contribution in [0.3, 0.4) is 0 Å². The maximum Gasteiger partial charge on any atom is 0.350 e. The van der Waals surface area contributed by atoms with Crippen LogP contribution < -0.4 is 5.69 Å². The van der Waals surface area contributed by atoms with Crippen molar-refractivity contribution in [2.24, 2.45) is 0 Å². The molecule has 2 aromatic rings. The number of pyridine rings is 1. The first kappa shape index (κ1) is 15.2. The molecule has 0 radical (unpaired) electrons. The maximum absolute atomic E-state index is 12.3. The minimum absolute atomic E-state index is 0.0943. The Hall–Kier alpha value is -1.66. The van der Waals surface area contributed by atoms with Crippen molar-refractivity contribution in [1.82, 2.24) is 19.1 Å². The third kappa shape index (κ3) is 3.23. The average molecular weight is 304 g/mol. The minimum atomic E-state index is -0.0943. The van der Waals surface area contributed by atoms with Gasteiger partial charge in [-0.1, -0.05) is 25.3 Å². The van der Waals surface area contributed by atoms with Crippen LogP contribution >= 0.6 is 0 Å². The molecule has 2 aromatic heterocycles. The lowest BCUT2D eigenvalue weighted by atomic mass is 9.94. The molecule has 0 unspecified atom stereocenters. The fourth-order valence-electron chi connectivity index (χ4n) is 3.39. The standard InChI is InChI=1S/C16H24N4O2/c21-13-12-18(14-6-2-1-3-7-14)10-11-20-16(22)19-9-5-4-8-15(19)17-20/h4-5,8-9,14,21H,1-3,6-7,10-13H2. The third-order valence-electron chi connectivity index (χ3n) is 4.57. The fourth-order valence-corrected chi connectivity index (χ4v) is 3.39. The summed E-state index contributed by atoms with van der Waals surface area (Å²) in [5.74, 6) is 0. The Morgan fingerprint density at radius 1 is 1.23 bits per heavy atom. The van der Waals surface area contributed by atoms with E-state index in [1.807, 2.05) is 18.2 Å². The molecule has 0 spiro atoms. The molecule has 2 heterocycles. The number of hydrogen-bond donors (Lipinski definition) is 1. The van der Waals surface area contributed by atoms with Crippen molar-refractivity contribution in [1.29, 1.82) is 0 Å². The van der Waals surface area contributed by atoms with E-state index in [9.17, 15) is 9.90 Å². The van der Waals surface area contributed by atoms with E-state index in [4.69, 9.17) is 0 Å². The number of aliphatic hydroxyl groups is 1. The van der Waals surface area contributed by atoms with Crippen molar-refractivity contribution < 1.29 is 5.11 Å². The Balaban J connectivity index is 1.70. The SMILES string of the molecule is O=c1n(CCN(CCO)C2CCCCC2)nc2ccccn12. The van der Waals surface area contributed by atoms with Crippen LogP contribution in [0.4, 0.5) is 0 Å². The zero-order valence-corrected chi connectivity index (χ0v) is 12.9. The first-order valence-electron chi connectivity index (χ1n) is 8.19. The number of hydrogen-bond acceptors (Lipinski definition) is 4. The Labute approximate surface area is 130 Å². The lowest BCUT2D eigenvalue weighted by Crippen LogP contribution is -2.41. The monoisotopic (exact) mass is 304 g/mol. The number of fused-ring (bicyclic) bond motifs is 1. The molecular formula is C16H24N4O2. The predicted octanol–water partition coefficient (Wildman–Crippen LogP) is 1.12. The van der Waals surface area contributed by atoms with E-state index in [1.54, 1.807) is 10.6 Å². The predicted molar refractivity (Wildman–Crippen MR) is 85.0 cm³/mol. The van der Waals surface area contributed by atoms with Gasteiger partial charge in [-0.2, -0.15) is 0 Å². The van der Waals surface area contributed by atoms with Gasteiger partial charge in [0.15, 0.2) is 5.65 Å². The van der Waals surface area contributed by atoms with Gasteiger partial charge in [-0.25, -0.2) is 9.48 Å². The highest BCUT2D eigenvalue weighted by Gasteiger charge is 2.20. The van der Waals surface area contributed by atoms with Gasteiger partial charge in [0.25, 0.3) is 0 Å². The summed E-state index contributed by atoms with van der Waals surface area (Å²) in [6, 6.07) is 6.09. The lowest BCUT2D eigenvalue weighted by molar-refractivity contribution is 0.118. The molecule has 0 bridgehead atoms. The highest BCUT2D eigenvalue weighted by molar-refractivity contribution is 5.35. The molecule has 1 aliphatic carbocycles. The maximum atomic E-state index is 12.3. The van der Waals surface area contributed by atoms with Crippen LogP contribution in [-0.4, -0.2) is 49.9 Å². The fraction of sp³-hybridized carbons (Fsp3) is 0.625. The van der Waals surface area contributed by atoms with Crippen LogP contribution in [0.2, 0.25) is 0 Å². The van der Waals surface area contributed by atoms with Crippen molar-refractivity contribution in [3.05, 3.63) is 34.9 Å². The molecule has 1 fully saturated rings. The summed E-state index contributed by atoms with van der Waals surface area (Å²) in [4.78, 5) is 14.6. The summed E-state index contributed by atoms with van der Waals surface area (Å²) in [6.45, 7) is 2.16. The summed E-state index contributed by atoms with van der Waals surface area (Å²) >= 11 is 0. The van der Waals surface area contributed by atoms with Crippen molar-refractivity contribution in [3.63, 3.8) is 0 Å². The molecule has 22 heavy (non-hydrogen) atoms. The number of aliphatic hydroxyl groups excluding tert-OH is 1. The van der Waals surface area contributed by atoms with Gasteiger partial charge in [0.1, 0.15) is 0 Å². The van der Waals surface area contributed by atoms with Crippen LogP contribution in [-0.2, 0) is 6.54 Å². The van der Waals surface area contributed by atoms with E-state index < -0.39 is 0 Å². The molecule has 3 rings (SSSR count). The highest BCUT2D eigenvalue weighted by atomic mass is 16.3. The molecule has 1 aliphatic rings. The van der Waals surface area contributed by atoms with Gasteiger partial charge in [-0.15, -0.1) is 5.10 Å². The minimum Gasteiger partial charge on any atom is -0.395 e. The smallest absolute Gasteiger partial charge is 0.350 e. The van der Waals surface area contributed by atoms with E-state index in [-0.39, 0.29) is 12.3 Å². The van der Waals surface area contributed by atoms with E-state index in [2.05, 4.69) is 10.00 Å². The van der Waals surface area contributed by atoms with Crippen molar-refractivity contribution in [3.8, 4) is 0 Å². The Bertz CT molecular complexity index is 657. The zero-order chi connectivity index (χ0) is 15.4. The molecule has 0 aliphatic heterocycles. The second-order valence-electron chi connectivity index (χ2n) is 5.99. The summed E-state index contributed by atoms with van der Waals surface area (Å²) < 4.78 is 3.10. The van der Waals surface area contributed by atoms with E-state index in [0.29, 0.717) is 24.8 Å². The molecule has 6 nitrogen and oxygen atoms in total. The highest BCUT2D eigenvalue weighted by Crippen LogP contribution is 2.22. The average Bonchev–Trinajstić information content (AvgIpc) is 2.89. The molecule has 1 saturated carbocycles. The van der Waals surface area contributed by atoms with Crippen molar-refractivity contribution in [2.45, 2.75) is 44.7 Å². The second-order valence-corrected chi connectivity index (χ2v) is 5.99. The number of nitrogens with zero attached hydrogens (tertiary/aromatic N) is 4. The summed E-state index contributed by atoms with van der Waals surface area (Å²) in [5.41, 5.74) is 0.585. The van der Waals surface area contributed by atoms with Crippen LogP contribution in [0.1, 0.15) is 32.1 Å².